The second-order valence-electron chi connectivity index (χ2n) is 5.59. The number of hydrogen-bond donors (Lipinski definition) is 1. The molecule has 4 aromatic rings. The van der Waals surface area contributed by atoms with Gasteiger partial charge in [0.2, 0.25) is 10.6 Å². The van der Waals surface area contributed by atoms with Crippen molar-refractivity contribution in [1.29, 1.82) is 0 Å². The van der Waals surface area contributed by atoms with E-state index in [1.807, 2.05) is 53.3 Å². The molecule has 25 heavy (non-hydrogen) atoms. The fourth-order valence-corrected chi connectivity index (χ4v) is 2.95. The molecule has 0 atom stereocenters. The van der Waals surface area contributed by atoms with E-state index in [2.05, 4.69) is 26.0 Å². The van der Waals surface area contributed by atoms with Crippen LogP contribution in [0.1, 0.15) is 5.56 Å². The minimum absolute atomic E-state index is 0.331. The van der Waals surface area contributed by atoms with E-state index in [1.165, 1.54) is 0 Å². The number of anilines is 1. The van der Waals surface area contributed by atoms with Crippen LogP contribution in [0.4, 0.5) is 5.82 Å². The number of methoxy groups -OCH3 is 1. The van der Waals surface area contributed by atoms with Crippen LogP contribution >= 0.6 is 15.9 Å². The third-order valence-electron chi connectivity index (χ3n) is 3.94. The number of halogens is 1. The standard InChI is InChI=1S/C18H15BrN4O2/c1-24-12-7-5-11(6-8-12)9-23-10-14-13(3-2-4-15(14)22-23)18-21-17(20)16(19)25-18/h2-8,10H,9,20H2,1H3. The molecular weight excluding hydrogens is 384 g/mol. The Morgan fingerprint density at radius 3 is 2.68 bits per heavy atom. The molecular formula is C18H15BrN4O2. The number of oxazole rings is 1. The summed E-state index contributed by atoms with van der Waals surface area (Å²) in [6.45, 7) is 0.662. The van der Waals surface area contributed by atoms with E-state index in [-0.39, 0.29) is 0 Å². The monoisotopic (exact) mass is 398 g/mol. The molecule has 7 heteroatoms. The zero-order valence-electron chi connectivity index (χ0n) is 13.4. The molecule has 0 amide bonds. The first kappa shape index (κ1) is 15.7. The normalized spacial score (nSPS) is 11.1. The lowest BCUT2D eigenvalue weighted by Crippen LogP contribution is -1.99. The lowest BCUT2D eigenvalue weighted by Gasteiger charge is -2.03. The molecule has 0 fully saturated rings. The van der Waals surface area contributed by atoms with Crippen LogP contribution in [0.3, 0.4) is 0 Å². The lowest BCUT2D eigenvalue weighted by atomic mass is 10.1. The van der Waals surface area contributed by atoms with Gasteiger partial charge >= 0.3 is 0 Å². The highest BCUT2D eigenvalue weighted by Gasteiger charge is 2.14. The molecule has 126 valence electrons. The van der Waals surface area contributed by atoms with Crippen molar-refractivity contribution < 1.29 is 9.15 Å². The maximum Gasteiger partial charge on any atom is 0.230 e. The van der Waals surface area contributed by atoms with Gasteiger partial charge in [-0.3, -0.25) is 4.68 Å². The Balaban J connectivity index is 1.71. The number of rotatable bonds is 4. The molecule has 0 aliphatic heterocycles. The Bertz CT molecular complexity index is 1020. The number of benzene rings is 2. The summed E-state index contributed by atoms with van der Waals surface area (Å²) < 4.78 is 13.1. The van der Waals surface area contributed by atoms with Crippen LogP contribution in [0, 0.1) is 0 Å². The number of fused-ring (bicyclic) bond motifs is 1. The largest absolute Gasteiger partial charge is 0.497 e. The molecule has 2 aromatic carbocycles. The molecule has 0 unspecified atom stereocenters. The molecule has 0 saturated carbocycles. The first-order chi connectivity index (χ1) is 12.1. The van der Waals surface area contributed by atoms with Gasteiger partial charge in [0.25, 0.3) is 0 Å². The number of nitrogens with zero attached hydrogens (tertiary/aromatic N) is 3. The maximum absolute atomic E-state index is 5.77. The maximum atomic E-state index is 5.77. The third-order valence-corrected chi connectivity index (χ3v) is 4.51. The van der Waals surface area contributed by atoms with E-state index < -0.39 is 0 Å². The zero-order valence-corrected chi connectivity index (χ0v) is 15.0. The summed E-state index contributed by atoms with van der Waals surface area (Å²) in [5.41, 5.74) is 8.64. The van der Waals surface area contributed by atoms with Crippen molar-refractivity contribution in [3.05, 3.63) is 58.9 Å². The van der Waals surface area contributed by atoms with E-state index in [1.54, 1.807) is 7.11 Å². The van der Waals surface area contributed by atoms with Gasteiger partial charge in [0, 0.05) is 17.1 Å². The van der Waals surface area contributed by atoms with Gasteiger partial charge in [0.15, 0.2) is 5.82 Å². The highest BCUT2D eigenvalue weighted by atomic mass is 79.9. The summed E-state index contributed by atoms with van der Waals surface area (Å²) in [5.74, 6) is 1.64. The number of hydrogen-bond acceptors (Lipinski definition) is 5. The average Bonchev–Trinajstić information content (AvgIpc) is 3.18. The summed E-state index contributed by atoms with van der Waals surface area (Å²) in [5, 5.41) is 5.60. The molecule has 4 rings (SSSR count). The second-order valence-corrected chi connectivity index (χ2v) is 6.31. The van der Waals surface area contributed by atoms with E-state index in [0.29, 0.717) is 22.9 Å². The fourth-order valence-electron chi connectivity index (χ4n) is 2.71. The number of aromatic nitrogens is 3. The Labute approximate surface area is 152 Å². The van der Waals surface area contributed by atoms with Gasteiger partial charge in [0.1, 0.15) is 5.75 Å². The topological polar surface area (TPSA) is 79.1 Å². The van der Waals surface area contributed by atoms with Crippen molar-refractivity contribution in [2.24, 2.45) is 0 Å². The van der Waals surface area contributed by atoms with E-state index in [9.17, 15) is 0 Å². The van der Waals surface area contributed by atoms with Crippen molar-refractivity contribution in [3.8, 4) is 17.2 Å². The van der Waals surface area contributed by atoms with E-state index in [0.717, 1.165) is 27.8 Å². The Hall–Kier alpha value is -2.80. The molecule has 2 heterocycles. The molecule has 0 spiro atoms. The van der Waals surface area contributed by atoms with Gasteiger partial charge in [-0.15, -0.1) is 0 Å². The summed E-state index contributed by atoms with van der Waals surface area (Å²) in [6.07, 6.45) is 1.99. The predicted octanol–water partition coefficient (Wildman–Crippen LogP) is 4.09. The zero-order chi connectivity index (χ0) is 17.4. The molecule has 0 aliphatic rings. The summed E-state index contributed by atoms with van der Waals surface area (Å²) in [7, 11) is 1.66. The van der Waals surface area contributed by atoms with Crippen LogP contribution in [-0.2, 0) is 6.54 Å². The number of ether oxygens (including phenoxy) is 1. The summed E-state index contributed by atoms with van der Waals surface area (Å²) in [4.78, 5) is 4.26. The van der Waals surface area contributed by atoms with E-state index >= 15 is 0 Å². The molecule has 2 N–H and O–H groups in total. The molecule has 0 aliphatic carbocycles. The quantitative estimate of drug-likeness (QED) is 0.559. The van der Waals surface area contributed by atoms with Gasteiger partial charge < -0.3 is 14.9 Å². The Morgan fingerprint density at radius 2 is 2.00 bits per heavy atom. The fraction of sp³-hybridized carbons (Fsp3) is 0.111. The van der Waals surface area contributed by atoms with E-state index in [4.69, 9.17) is 14.9 Å². The van der Waals surface area contributed by atoms with Gasteiger partial charge in [0.05, 0.1) is 19.2 Å². The van der Waals surface area contributed by atoms with Crippen LogP contribution in [0.25, 0.3) is 22.4 Å². The highest BCUT2D eigenvalue weighted by molar-refractivity contribution is 9.10. The van der Waals surface area contributed by atoms with Gasteiger partial charge in [-0.25, -0.2) is 0 Å². The SMILES string of the molecule is COc1ccc(Cn2cc3c(-c4nc(N)c(Br)o4)cccc3n2)cc1. The molecule has 2 aromatic heterocycles. The first-order valence-electron chi connectivity index (χ1n) is 7.65. The third kappa shape index (κ3) is 2.98. The highest BCUT2D eigenvalue weighted by Crippen LogP contribution is 2.32. The van der Waals surface area contributed by atoms with Crippen molar-refractivity contribution in [2.45, 2.75) is 6.54 Å². The van der Waals surface area contributed by atoms with Gasteiger partial charge in [-0.2, -0.15) is 10.1 Å². The molecule has 0 radical (unpaired) electrons. The van der Waals surface area contributed by atoms with Gasteiger partial charge in [-0.05, 0) is 45.8 Å². The van der Waals surface area contributed by atoms with Gasteiger partial charge in [-0.1, -0.05) is 18.2 Å². The lowest BCUT2D eigenvalue weighted by molar-refractivity contribution is 0.414. The molecule has 6 nitrogen and oxygen atoms in total. The van der Waals surface area contributed by atoms with Crippen LogP contribution < -0.4 is 10.5 Å². The molecule has 0 saturated heterocycles. The summed E-state index contributed by atoms with van der Waals surface area (Å²) >= 11 is 3.25. The van der Waals surface area contributed by atoms with Crippen LogP contribution in [0.5, 0.6) is 5.75 Å². The van der Waals surface area contributed by atoms with Crippen LogP contribution in [-0.4, -0.2) is 21.9 Å². The first-order valence-corrected chi connectivity index (χ1v) is 8.44. The smallest absolute Gasteiger partial charge is 0.230 e. The number of nitrogens with two attached hydrogens (primary N) is 1. The van der Waals surface area contributed by atoms with Crippen LogP contribution in [0.2, 0.25) is 0 Å². The van der Waals surface area contributed by atoms with Crippen molar-refractivity contribution >= 4 is 32.7 Å². The minimum atomic E-state index is 0.331. The van der Waals surface area contributed by atoms with Crippen molar-refractivity contribution in [3.63, 3.8) is 0 Å². The van der Waals surface area contributed by atoms with Crippen molar-refractivity contribution in [1.82, 2.24) is 14.8 Å². The Morgan fingerprint density at radius 1 is 1.20 bits per heavy atom. The Kier molecular flexibility index (Phi) is 3.93. The second kappa shape index (κ2) is 6.25. The average molecular weight is 399 g/mol. The predicted molar refractivity (Wildman–Crippen MR) is 99.4 cm³/mol. The summed E-state index contributed by atoms with van der Waals surface area (Å²) in [6, 6.07) is 13.8. The number of nitrogen functional groups attached to an aromatic ring is 1. The molecule has 0 bridgehead atoms. The minimum Gasteiger partial charge on any atom is -0.497 e. The van der Waals surface area contributed by atoms with Crippen molar-refractivity contribution in [2.75, 3.05) is 12.8 Å². The van der Waals surface area contributed by atoms with Crippen LogP contribution in [0.15, 0.2) is 57.7 Å².